The van der Waals surface area contributed by atoms with Crippen LogP contribution in [0.1, 0.15) is 23.2 Å². The van der Waals surface area contributed by atoms with E-state index in [-0.39, 0.29) is 0 Å². The molecule has 2 N–H and O–H groups in total. The minimum atomic E-state index is 1.07. The molecule has 1 aliphatic heterocycles. The van der Waals surface area contributed by atoms with Gasteiger partial charge in [-0.1, -0.05) is 11.6 Å². The summed E-state index contributed by atoms with van der Waals surface area (Å²) in [6.07, 6.45) is 1.25. The summed E-state index contributed by atoms with van der Waals surface area (Å²) in [6, 6.07) is 6.69. The van der Waals surface area contributed by atoms with Gasteiger partial charge in [0.2, 0.25) is 0 Å². The topological polar surface area (TPSA) is 31.1 Å². The van der Waals surface area contributed by atoms with Crippen LogP contribution in [0.4, 0.5) is 0 Å². The van der Waals surface area contributed by atoms with Crippen molar-refractivity contribution in [3.63, 3.8) is 0 Å². The fourth-order valence-electron chi connectivity index (χ4n) is 2.98. The number of rotatable bonds is 2. The summed E-state index contributed by atoms with van der Waals surface area (Å²) in [7, 11) is 0. The standard InChI is InChI=1S/C16H23N3/c1-12-4-5-16-14(10-12)15(13(2)18-16)11-19-8-3-6-17-7-9-19/h4-5,10,17-18H,3,6-9,11H2,1-2H3. The van der Waals surface area contributed by atoms with Gasteiger partial charge in [-0.2, -0.15) is 0 Å². The van der Waals surface area contributed by atoms with E-state index in [0.29, 0.717) is 0 Å². The van der Waals surface area contributed by atoms with Crippen LogP contribution in [-0.4, -0.2) is 36.1 Å². The van der Waals surface area contributed by atoms with Gasteiger partial charge in [0.05, 0.1) is 0 Å². The highest BCUT2D eigenvalue weighted by Gasteiger charge is 2.14. The van der Waals surface area contributed by atoms with Gasteiger partial charge in [-0.3, -0.25) is 4.90 Å². The van der Waals surface area contributed by atoms with Gasteiger partial charge in [-0.25, -0.2) is 0 Å². The molecular formula is C16H23N3. The molecule has 1 fully saturated rings. The lowest BCUT2D eigenvalue weighted by Crippen LogP contribution is -2.27. The lowest BCUT2D eigenvalue weighted by atomic mass is 10.1. The van der Waals surface area contributed by atoms with Crippen LogP contribution >= 0.6 is 0 Å². The summed E-state index contributed by atoms with van der Waals surface area (Å²) in [5.41, 5.74) is 5.40. The molecule has 3 nitrogen and oxygen atoms in total. The molecule has 0 saturated carbocycles. The van der Waals surface area contributed by atoms with Crippen LogP contribution in [0.2, 0.25) is 0 Å². The lowest BCUT2D eigenvalue weighted by molar-refractivity contribution is 0.285. The number of aromatic nitrogens is 1. The summed E-state index contributed by atoms with van der Waals surface area (Å²) in [5, 5.41) is 4.87. The number of fused-ring (bicyclic) bond motifs is 1. The zero-order valence-corrected chi connectivity index (χ0v) is 11.9. The van der Waals surface area contributed by atoms with Crippen molar-refractivity contribution in [1.82, 2.24) is 15.2 Å². The number of nitrogens with one attached hydrogen (secondary N) is 2. The smallest absolute Gasteiger partial charge is 0.0459 e. The average Bonchev–Trinajstić information content (AvgIpc) is 2.58. The van der Waals surface area contributed by atoms with Crippen molar-refractivity contribution in [3.05, 3.63) is 35.0 Å². The van der Waals surface area contributed by atoms with Crippen molar-refractivity contribution in [2.45, 2.75) is 26.8 Å². The van der Waals surface area contributed by atoms with Gasteiger partial charge in [0, 0.05) is 36.2 Å². The number of hydrogen-bond donors (Lipinski definition) is 2. The molecule has 1 aromatic carbocycles. The van der Waals surface area contributed by atoms with Gasteiger partial charge in [-0.15, -0.1) is 0 Å². The second kappa shape index (κ2) is 5.35. The van der Waals surface area contributed by atoms with Crippen LogP contribution in [0.25, 0.3) is 10.9 Å². The van der Waals surface area contributed by atoms with Crippen LogP contribution in [0, 0.1) is 13.8 Å². The second-order valence-electron chi connectivity index (χ2n) is 5.66. The molecule has 102 valence electrons. The molecule has 0 aliphatic carbocycles. The van der Waals surface area contributed by atoms with E-state index in [9.17, 15) is 0 Å². The molecule has 1 saturated heterocycles. The number of benzene rings is 1. The molecule has 3 rings (SSSR count). The minimum Gasteiger partial charge on any atom is -0.358 e. The molecule has 1 aliphatic rings. The van der Waals surface area contributed by atoms with Crippen molar-refractivity contribution in [1.29, 1.82) is 0 Å². The Labute approximate surface area is 115 Å². The number of aryl methyl sites for hydroxylation is 2. The molecule has 0 amide bonds. The highest BCUT2D eigenvalue weighted by atomic mass is 15.1. The third-order valence-electron chi connectivity index (χ3n) is 4.09. The molecule has 1 aromatic heterocycles. The third kappa shape index (κ3) is 2.67. The highest BCUT2D eigenvalue weighted by molar-refractivity contribution is 5.85. The molecule has 0 bridgehead atoms. The molecule has 2 heterocycles. The normalized spacial score (nSPS) is 17.8. The first-order chi connectivity index (χ1) is 9.24. The van der Waals surface area contributed by atoms with Crippen LogP contribution in [-0.2, 0) is 6.54 Å². The van der Waals surface area contributed by atoms with Gasteiger partial charge in [0.1, 0.15) is 0 Å². The van der Waals surface area contributed by atoms with Crippen molar-refractivity contribution in [3.8, 4) is 0 Å². The number of aromatic amines is 1. The Morgan fingerprint density at radius 3 is 2.95 bits per heavy atom. The Balaban J connectivity index is 1.90. The fraction of sp³-hybridized carbons (Fsp3) is 0.500. The molecule has 3 heteroatoms. The Bertz CT molecular complexity index is 563. The second-order valence-corrected chi connectivity index (χ2v) is 5.66. The van der Waals surface area contributed by atoms with E-state index < -0.39 is 0 Å². The summed E-state index contributed by atoms with van der Waals surface area (Å²) < 4.78 is 0. The maximum Gasteiger partial charge on any atom is 0.0459 e. The van der Waals surface area contributed by atoms with Crippen molar-refractivity contribution >= 4 is 10.9 Å². The van der Waals surface area contributed by atoms with Crippen molar-refractivity contribution < 1.29 is 0 Å². The maximum absolute atomic E-state index is 3.52. The van der Waals surface area contributed by atoms with E-state index >= 15 is 0 Å². The van der Waals surface area contributed by atoms with E-state index in [1.807, 2.05) is 0 Å². The molecule has 0 atom stereocenters. The van der Waals surface area contributed by atoms with E-state index in [2.05, 4.69) is 47.2 Å². The van der Waals surface area contributed by atoms with Gasteiger partial charge in [-0.05, 0) is 51.1 Å². The predicted octanol–water partition coefficient (Wildman–Crippen LogP) is 2.58. The van der Waals surface area contributed by atoms with E-state index in [1.54, 1.807) is 0 Å². The summed E-state index contributed by atoms with van der Waals surface area (Å²) >= 11 is 0. The molecule has 0 radical (unpaired) electrons. The maximum atomic E-state index is 3.52. The van der Waals surface area contributed by atoms with Gasteiger partial charge in [0.25, 0.3) is 0 Å². The Morgan fingerprint density at radius 2 is 2.05 bits per heavy atom. The van der Waals surface area contributed by atoms with Gasteiger partial charge >= 0.3 is 0 Å². The first-order valence-corrected chi connectivity index (χ1v) is 7.25. The van der Waals surface area contributed by atoms with Crippen LogP contribution in [0.15, 0.2) is 18.2 Å². The monoisotopic (exact) mass is 257 g/mol. The molecule has 2 aromatic rings. The van der Waals surface area contributed by atoms with Gasteiger partial charge < -0.3 is 10.3 Å². The van der Waals surface area contributed by atoms with Gasteiger partial charge in [0.15, 0.2) is 0 Å². The summed E-state index contributed by atoms with van der Waals surface area (Å²) in [5.74, 6) is 0. The Hall–Kier alpha value is -1.32. The predicted molar refractivity (Wildman–Crippen MR) is 80.5 cm³/mol. The summed E-state index contributed by atoms with van der Waals surface area (Å²) in [6.45, 7) is 10.0. The number of H-pyrrole nitrogens is 1. The average molecular weight is 257 g/mol. The van der Waals surface area contributed by atoms with E-state index in [0.717, 1.165) is 26.2 Å². The first-order valence-electron chi connectivity index (χ1n) is 7.25. The largest absolute Gasteiger partial charge is 0.358 e. The lowest BCUT2D eigenvalue weighted by Gasteiger charge is -2.19. The Morgan fingerprint density at radius 1 is 1.16 bits per heavy atom. The summed E-state index contributed by atoms with van der Waals surface area (Å²) in [4.78, 5) is 6.08. The van der Waals surface area contributed by atoms with Crippen LogP contribution < -0.4 is 5.32 Å². The van der Waals surface area contributed by atoms with Crippen molar-refractivity contribution in [2.24, 2.45) is 0 Å². The van der Waals surface area contributed by atoms with Crippen molar-refractivity contribution in [2.75, 3.05) is 26.2 Å². The zero-order chi connectivity index (χ0) is 13.2. The number of hydrogen-bond acceptors (Lipinski definition) is 2. The SMILES string of the molecule is Cc1ccc2[nH]c(C)c(CN3CCCNCC3)c2c1. The van der Waals surface area contributed by atoms with E-state index in [4.69, 9.17) is 0 Å². The molecule has 0 unspecified atom stereocenters. The molecular weight excluding hydrogens is 234 g/mol. The first kappa shape index (κ1) is 12.7. The molecule has 0 spiro atoms. The zero-order valence-electron chi connectivity index (χ0n) is 11.9. The minimum absolute atomic E-state index is 1.07. The van der Waals surface area contributed by atoms with Crippen LogP contribution in [0.3, 0.4) is 0 Å². The number of nitrogens with zero attached hydrogens (tertiary/aromatic N) is 1. The quantitative estimate of drug-likeness (QED) is 0.866. The fourth-order valence-corrected chi connectivity index (χ4v) is 2.98. The van der Waals surface area contributed by atoms with E-state index in [1.165, 1.54) is 40.7 Å². The highest BCUT2D eigenvalue weighted by Crippen LogP contribution is 2.24. The third-order valence-corrected chi connectivity index (χ3v) is 4.09. The van der Waals surface area contributed by atoms with Crippen LogP contribution in [0.5, 0.6) is 0 Å². The molecule has 19 heavy (non-hydrogen) atoms. The Kier molecular flexibility index (Phi) is 3.58.